The van der Waals surface area contributed by atoms with Crippen LogP contribution in [0.3, 0.4) is 0 Å². The van der Waals surface area contributed by atoms with E-state index < -0.39 is 79.8 Å². The fourth-order valence-corrected chi connectivity index (χ4v) is 9.38. The molecule has 3 aliphatic rings. The maximum Gasteiger partial charge on any atom is 0.416 e. The third-order valence-corrected chi connectivity index (χ3v) is 13.5. The summed E-state index contributed by atoms with van der Waals surface area (Å²) in [7, 11) is -3.98. The average Bonchev–Trinajstić information content (AvgIpc) is 4.14. The van der Waals surface area contributed by atoms with Gasteiger partial charge in [0.05, 0.1) is 23.5 Å². The van der Waals surface area contributed by atoms with Crippen molar-refractivity contribution < 1.29 is 49.9 Å². The molecule has 8 rings (SSSR count). The molecule has 3 aromatic carbocycles. The number of rotatable bonds is 14. The topological polar surface area (TPSA) is 182 Å². The third-order valence-electron chi connectivity index (χ3n) is 11.7. The lowest BCUT2D eigenvalue weighted by Crippen LogP contribution is -2.58. The van der Waals surface area contributed by atoms with Crippen LogP contribution in [-0.4, -0.2) is 82.6 Å². The molecule has 1 aliphatic heterocycles. The van der Waals surface area contributed by atoms with Gasteiger partial charge < -0.3 is 29.4 Å². The summed E-state index contributed by atoms with van der Waals surface area (Å²) in [6, 6.07) is 16.4. The minimum absolute atomic E-state index is 0.0439. The molecule has 2 saturated carbocycles. The maximum atomic E-state index is 14.9. The summed E-state index contributed by atoms with van der Waals surface area (Å²) in [5.74, 6) is -1.82. The number of carbonyl (C=O) groups is 3. The minimum atomic E-state index is -4.57. The van der Waals surface area contributed by atoms with Gasteiger partial charge in [-0.05, 0) is 99.2 Å². The molecule has 3 amide bonds. The normalized spacial score (nSPS) is 21.7. The van der Waals surface area contributed by atoms with Crippen molar-refractivity contribution in [3.05, 3.63) is 91.0 Å². The van der Waals surface area contributed by atoms with Gasteiger partial charge in [0.2, 0.25) is 27.4 Å². The number of ether oxygens (including phenoxy) is 2. The Morgan fingerprint density at radius 3 is 2.28 bits per heavy atom. The van der Waals surface area contributed by atoms with Crippen LogP contribution in [0.1, 0.15) is 65.9 Å². The first kappa shape index (κ1) is 44.4. The standard InChI is InChI=1S/C46H49F3N6O8S/c1-7-27-23-45(27,43(58)54-64(59,60)32-20-21-32)53-40(56)34-22-31(24-55(34)42(57)38(44(4,5)6)50-29-16-14-28(15-17-29)46(47,48)49)62-41-37-36(33-10-8-9-11-35(33)63-37)51-39(52-41)26-12-18-30(19-13-26)61-25(2)3/h7-19,25,27,31-32,34,38,50H,1,20-24H2,2-6H3,(H,53,56)(H,54,58)/t27-,31-,34+,38-,45-/m1/s1. The molecular formula is C46H49F3N6O8S. The number of alkyl halides is 3. The number of hydrogen-bond donors (Lipinski definition) is 3. The van der Waals surface area contributed by atoms with E-state index in [1.807, 2.05) is 44.2 Å². The molecule has 0 radical (unpaired) electrons. The van der Waals surface area contributed by atoms with Gasteiger partial charge in [0.15, 0.2) is 5.82 Å². The second kappa shape index (κ2) is 16.4. The molecule has 64 heavy (non-hydrogen) atoms. The molecule has 2 aliphatic carbocycles. The van der Waals surface area contributed by atoms with Gasteiger partial charge in [0.25, 0.3) is 11.8 Å². The summed E-state index contributed by atoms with van der Waals surface area (Å²) < 4.78 is 86.9. The van der Waals surface area contributed by atoms with E-state index in [9.17, 15) is 36.0 Å². The first-order valence-corrected chi connectivity index (χ1v) is 22.6. The zero-order chi connectivity index (χ0) is 45.9. The number of sulfonamides is 1. The largest absolute Gasteiger partial charge is 0.491 e. The van der Waals surface area contributed by atoms with Crippen LogP contribution in [0.5, 0.6) is 11.6 Å². The van der Waals surface area contributed by atoms with Crippen molar-refractivity contribution >= 4 is 55.5 Å². The van der Waals surface area contributed by atoms with E-state index in [-0.39, 0.29) is 42.6 Å². The smallest absolute Gasteiger partial charge is 0.416 e. The Morgan fingerprint density at radius 1 is 0.984 bits per heavy atom. The first-order chi connectivity index (χ1) is 30.2. The number of nitrogens with zero attached hydrogens (tertiary/aromatic N) is 3. The van der Waals surface area contributed by atoms with E-state index in [2.05, 4.69) is 21.9 Å². The van der Waals surface area contributed by atoms with Crippen molar-refractivity contribution in [1.82, 2.24) is 24.9 Å². The van der Waals surface area contributed by atoms with Crippen molar-refractivity contribution in [2.45, 2.75) is 102 Å². The maximum absolute atomic E-state index is 14.9. The van der Waals surface area contributed by atoms with Gasteiger partial charge in [-0.1, -0.05) is 39.0 Å². The number of furan rings is 1. The van der Waals surface area contributed by atoms with Gasteiger partial charge in [-0.15, -0.1) is 6.58 Å². The number of anilines is 1. The van der Waals surface area contributed by atoms with Gasteiger partial charge in [0.1, 0.15) is 40.6 Å². The Bertz CT molecular complexity index is 2730. The molecule has 2 aromatic heterocycles. The summed E-state index contributed by atoms with van der Waals surface area (Å²) in [6.45, 7) is 12.8. The molecule has 18 heteroatoms. The number of fused-ring (bicyclic) bond motifs is 3. The van der Waals surface area contributed by atoms with Crippen LogP contribution in [0.25, 0.3) is 33.5 Å². The monoisotopic (exact) mass is 902 g/mol. The van der Waals surface area contributed by atoms with Gasteiger partial charge in [-0.2, -0.15) is 18.2 Å². The van der Waals surface area contributed by atoms with E-state index >= 15 is 0 Å². The molecule has 338 valence electrons. The quantitative estimate of drug-likeness (QED) is 0.0946. The Morgan fingerprint density at radius 2 is 1.67 bits per heavy atom. The first-order valence-electron chi connectivity index (χ1n) is 21.0. The number of halogens is 3. The lowest BCUT2D eigenvalue weighted by atomic mass is 9.85. The highest BCUT2D eigenvalue weighted by molar-refractivity contribution is 7.91. The fourth-order valence-electron chi connectivity index (χ4n) is 8.02. The Labute approximate surface area is 368 Å². The van der Waals surface area contributed by atoms with Crippen LogP contribution in [-0.2, 0) is 30.6 Å². The second-order valence-corrected chi connectivity index (χ2v) is 20.0. The lowest BCUT2D eigenvalue weighted by Gasteiger charge is -2.36. The molecule has 5 aromatic rings. The second-order valence-electron chi connectivity index (χ2n) is 18.0. The number of aromatic nitrogens is 2. The number of benzene rings is 3. The van der Waals surface area contributed by atoms with Crippen molar-refractivity contribution in [1.29, 1.82) is 0 Å². The summed E-state index contributed by atoms with van der Waals surface area (Å²) in [4.78, 5) is 54.2. The fraction of sp³-hybridized carbons (Fsp3) is 0.413. The highest BCUT2D eigenvalue weighted by atomic mass is 32.2. The van der Waals surface area contributed by atoms with E-state index in [4.69, 9.17) is 23.9 Å². The van der Waals surface area contributed by atoms with Crippen LogP contribution in [0.15, 0.2) is 89.9 Å². The Balaban J connectivity index is 1.14. The van der Waals surface area contributed by atoms with Crippen LogP contribution in [0.4, 0.5) is 18.9 Å². The molecule has 0 unspecified atom stereocenters. The molecule has 0 bridgehead atoms. The number of hydrogen-bond acceptors (Lipinski definition) is 11. The number of likely N-dealkylation sites (tertiary alicyclic amines) is 1. The average molecular weight is 903 g/mol. The highest BCUT2D eigenvalue weighted by Crippen LogP contribution is 2.46. The summed E-state index contributed by atoms with van der Waals surface area (Å²) >= 11 is 0. The van der Waals surface area contributed by atoms with E-state index in [1.54, 1.807) is 39.0 Å². The van der Waals surface area contributed by atoms with Crippen molar-refractivity contribution in [3.8, 4) is 23.0 Å². The molecule has 3 fully saturated rings. The molecule has 3 heterocycles. The molecule has 3 N–H and O–H groups in total. The number of nitrogens with one attached hydrogen (secondary N) is 3. The van der Waals surface area contributed by atoms with Gasteiger partial charge >= 0.3 is 6.18 Å². The lowest BCUT2D eigenvalue weighted by molar-refractivity contribution is -0.141. The molecule has 1 saturated heterocycles. The van der Waals surface area contributed by atoms with E-state index in [1.165, 1.54) is 23.1 Å². The number of para-hydroxylation sites is 1. The van der Waals surface area contributed by atoms with Crippen LogP contribution in [0.2, 0.25) is 0 Å². The molecule has 0 spiro atoms. The number of amides is 3. The van der Waals surface area contributed by atoms with Gasteiger partial charge in [-0.25, -0.2) is 13.4 Å². The Hall–Kier alpha value is -6.17. The highest BCUT2D eigenvalue weighted by Gasteiger charge is 2.62. The predicted octanol–water partition coefficient (Wildman–Crippen LogP) is 7.39. The molecule has 14 nitrogen and oxygen atoms in total. The van der Waals surface area contributed by atoms with Crippen molar-refractivity contribution in [2.24, 2.45) is 11.3 Å². The Kier molecular flexibility index (Phi) is 11.4. The van der Waals surface area contributed by atoms with E-state index in [0.717, 1.165) is 12.1 Å². The summed E-state index contributed by atoms with van der Waals surface area (Å²) in [5.41, 5.74) is -1.28. The SMILES string of the molecule is C=C[C@@H]1C[C@]1(NC(=O)[C@@H]1C[C@@H](Oc2nc(-c3ccc(OC(C)C)cc3)nc3c2oc2ccccc23)CN1C(=O)[C@@H](Nc1ccc(C(F)(F)F)cc1)C(C)(C)C)C(=O)NS(=O)(=O)C1CC1. The number of carbonyl (C=O) groups excluding carboxylic acids is 3. The van der Waals surface area contributed by atoms with Crippen LogP contribution < -0.4 is 24.8 Å². The van der Waals surface area contributed by atoms with Crippen LogP contribution >= 0.6 is 0 Å². The molecule has 5 atom stereocenters. The van der Waals surface area contributed by atoms with E-state index in [0.29, 0.717) is 46.5 Å². The van der Waals surface area contributed by atoms with Crippen LogP contribution in [0, 0.1) is 11.3 Å². The predicted molar refractivity (Wildman–Crippen MR) is 233 cm³/mol. The zero-order valence-corrected chi connectivity index (χ0v) is 36.7. The minimum Gasteiger partial charge on any atom is -0.491 e. The summed E-state index contributed by atoms with van der Waals surface area (Å²) in [6.07, 6.45) is -3.25. The third kappa shape index (κ3) is 8.96. The zero-order valence-electron chi connectivity index (χ0n) is 35.9. The van der Waals surface area contributed by atoms with Crippen molar-refractivity contribution in [2.75, 3.05) is 11.9 Å². The summed E-state index contributed by atoms with van der Waals surface area (Å²) in [5, 5.41) is 5.88. The molecular weight excluding hydrogens is 854 g/mol. The van der Waals surface area contributed by atoms with Gasteiger partial charge in [0, 0.05) is 29.0 Å². The van der Waals surface area contributed by atoms with Gasteiger partial charge in [-0.3, -0.25) is 19.1 Å². The van der Waals surface area contributed by atoms with Crippen molar-refractivity contribution in [3.63, 3.8) is 0 Å².